The fraction of sp³-hybridized carbons (Fsp3) is 0.417. The Morgan fingerprint density at radius 1 is 1.24 bits per heavy atom. The zero-order valence-electron chi connectivity index (χ0n) is 9.20. The van der Waals surface area contributed by atoms with Gasteiger partial charge in [0.1, 0.15) is 6.04 Å². The number of halogens is 2. The van der Waals surface area contributed by atoms with Crippen LogP contribution < -0.4 is 0 Å². The lowest BCUT2D eigenvalue weighted by molar-refractivity contribution is 0.261. The first kappa shape index (κ1) is 13.0. The molecule has 1 aliphatic heterocycles. The van der Waals surface area contributed by atoms with E-state index in [2.05, 4.69) is 11.0 Å². The quantitative estimate of drug-likeness (QED) is 0.831. The van der Waals surface area contributed by atoms with Crippen LogP contribution >= 0.6 is 35.0 Å². The van der Waals surface area contributed by atoms with Gasteiger partial charge in [-0.15, -0.1) is 0 Å². The molecule has 0 radical (unpaired) electrons. The van der Waals surface area contributed by atoms with Crippen molar-refractivity contribution in [3.63, 3.8) is 0 Å². The SMILES string of the molecule is N#C[C@@H](c1c(Cl)cccc1Cl)N1CCSCC1. The second kappa shape index (κ2) is 5.97. The highest BCUT2D eigenvalue weighted by atomic mass is 35.5. The highest BCUT2D eigenvalue weighted by Crippen LogP contribution is 2.34. The van der Waals surface area contributed by atoms with Crippen LogP contribution in [0.2, 0.25) is 10.0 Å². The maximum Gasteiger partial charge on any atom is 0.126 e. The van der Waals surface area contributed by atoms with E-state index in [0.29, 0.717) is 10.0 Å². The number of hydrogen-bond donors (Lipinski definition) is 0. The molecule has 0 bridgehead atoms. The van der Waals surface area contributed by atoms with E-state index in [1.165, 1.54) is 0 Å². The van der Waals surface area contributed by atoms with Crippen LogP contribution in [0.4, 0.5) is 0 Å². The monoisotopic (exact) mass is 286 g/mol. The number of hydrogen-bond acceptors (Lipinski definition) is 3. The van der Waals surface area contributed by atoms with Crippen LogP contribution in [0.1, 0.15) is 11.6 Å². The molecule has 0 amide bonds. The van der Waals surface area contributed by atoms with Crippen molar-refractivity contribution in [1.82, 2.24) is 4.90 Å². The van der Waals surface area contributed by atoms with E-state index in [-0.39, 0.29) is 6.04 Å². The van der Waals surface area contributed by atoms with E-state index >= 15 is 0 Å². The number of rotatable bonds is 2. The Kier molecular flexibility index (Phi) is 4.58. The Hall–Kier alpha value is -0.400. The molecule has 0 unspecified atom stereocenters. The molecule has 1 fully saturated rings. The number of nitrogens with zero attached hydrogens (tertiary/aromatic N) is 2. The molecule has 2 rings (SSSR count). The van der Waals surface area contributed by atoms with E-state index in [4.69, 9.17) is 23.2 Å². The summed E-state index contributed by atoms with van der Waals surface area (Å²) in [4.78, 5) is 2.14. The zero-order chi connectivity index (χ0) is 12.3. The fourth-order valence-electron chi connectivity index (χ4n) is 1.94. The smallest absolute Gasteiger partial charge is 0.126 e. The van der Waals surface area contributed by atoms with E-state index in [1.54, 1.807) is 18.2 Å². The Morgan fingerprint density at radius 3 is 2.35 bits per heavy atom. The van der Waals surface area contributed by atoms with Gasteiger partial charge in [0, 0.05) is 40.2 Å². The highest BCUT2D eigenvalue weighted by molar-refractivity contribution is 7.99. The lowest BCUT2D eigenvalue weighted by Gasteiger charge is -2.31. The Morgan fingerprint density at radius 2 is 1.82 bits per heavy atom. The van der Waals surface area contributed by atoms with Crippen LogP contribution in [0.25, 0.3) is 0 Å². The average molecular weight is 287 g/mol. The predicted molar refractivity (Wildman–Crippen MR) is 73.7 cm³/mol. The minimum absolute atomic E-state index is 0.336. The Labute approximate surface area is 115 Å². The van der Waals surface area contributed by atoms with Crippen LogP contribution in [0.15, 0.2) is 18.2 Å². The molecule has 0 N–H and O–H groups in total. The summed E-state index contributed by atoms with van der Waals surface area (Å²) in [5, 5.41) is 10.5. The summed E-state index contributed by atoms with van der Waals surface area (Å²) < 4.78 is 0. The standard InChI is InChI=1S/C12H12Cl2N2S/c13-9-2-1-3-10(14)12(9)11(8-15)16-4-6-17-7-5-16/h1-3,11H,4-7H2/t11-/m0/s1. The summed E-state index contributed by atoms with van der Waals surface area (Å²) >= 11 is 14.2. The average Bonchev–Trinajstić information content (AvgIpc) is 2.35. The van der Waals surface area contributed by atoms with Gasteiger partial charge in [0.2, 0.25) is 0 Å². The highest BCUT2D eigenvalue weighted by Gasteiger charge is 2.25. The lowest BCUT2D eigenvalue weighted by Crippen LogP contribution is -2.35. The van der Waals surface area contributed by atoms with Crippen molar-refractivity contribution >= 4 is 35.0 Å². The van der Waals surface area contributed by atoms with E-state index in [1.807, 2.05) is 11.8 Å². The molecule has 1 aromatic rings. The molecular weight excluding hydrogens is 275 g/mol. The molecule has 0 saturated carbocycles. The first-order chi connectivity index (χ1) is 8.24. The Bertz CT molecular complexity index is 418. The minimum Gasteiger partial charge on any atom is -0.283 e. The molecule has 90 valence electrons. The minimum atomic E-state index is -0.336. The number of benzene rings is 1. The van der Waals surface area contributed by atoms with E-state index in [9.17, 15) is 5.26 Å². The van der Waals surface area contributed by atoms with E-state index < -0.39 is 0 Å². The zero-order valence-corrected chi connectivity index (χ0v) is 11.5. The molecule has 1 saturated heterocycles. The molecule has 2 nitrogen and oxygen atoms in total. The van der Waals surface area contributed by atoms with Gasteiger partial charge in [-0.05, 0) is 12.1 Å². The summed E-state index contributed by atoms with van der Waals surface area (Å²) in [7, 11) is 0. The predicted octanol–water partition coefficient (Wildman–Crippen LogP) is 3.61. The van der Waals surface area contributed by atoms with Crippen molar-refractivity contribution in [1.29, 1.82) is 5.26 Å². The molecule has 17 heavy (non-hydrogen) atoms. The molecular formula is C12H12Cl2N2S. The molecule has 0 spiro atoms. The van der Waals surface area contributed by atoms with Gasteiger partial charge in [0.25, 0.3) is 0 Å². The van der Waals surface area contributed by atoms with Crippen molar-refractivity contribution in [2.75, 3.05) is 24.6 Å². The van der Waals surface area contributed by atoms with Crippen molar-refractivity contribution in [3.05, 3.63) is 33.8 Å². The summed E-state index contributed by atoms with van der Waals surface area (Å²) in [6.07, 6.45) is 0. The van der Waals surface area contributed by atoms with Crippen LogP contribution in [0.3, 0.4) is 0 Å². The van der Waals surface area contributed by atoms with Gasteiger partial charge >= 0.3 is 0 Å². The van der Waals surface area contributed by atoms with Crippen LogP contribution in [0.5, 0.6) is 0 Å². The summed E-state index contributed by atoms with van der Waals surface area (Å²) in [6.45, 7) is 1.81. The molecule has 1 aliphatic rings. The van der Waals surface area contributed by atoms with Crippen molar-refractivity contribution < 1.29 is 0 Å². The molecule has 0 aromatic heterocycles. The molecule has 1 heterocycles. The third-order valence-corrected chi connectivity index (χ3v) is 4.41. The lowest BCUT2D eigenvalue weighted by atomic mass is 10.1. The third kappa shape index (κ3) is 2.89. The summed E-state index contributed by atoms with van der Waals surface area (Å²) in [5.74, 6) is 2.11. The van der Waals surface area contributed by atoms with Crippen LogP contribution in [0, 0.1) is 11.3 Å². The molecule has 1 aromatic carbocycles. The van der Waals surface area contributed by atoms with Gasteiger partial charge in [-0.25, -0.2) is 0 Å². The van der Waals surface area contributed by atoms with Crippen molar-refractivity contribution in [3.8, 4) is 6.07 Å². The number of nitriles is 1. The van der Waals surface area contributed by atoms with Crippen LogP contribution in [-0.4, -0.2) is 29.5 Å². The van der Waals surface area contributed by atoms with Crippen molar-refractivity contribution in [2.24, 2.45) is 0 Å². The molecule has 0 aliphatic carbocycles. The largest absolute Gasteiger partial charge is 0.283 e. The normalized spacial score (nSPS) is 18.6. The fourth-order valence-corrected chi connectivity index (χ4v) is 3.47. The first-order valence-corrected chi connectivity index (χ1v) is 7.30. The molecule has 5 heteroatoms. The van der Waals surface area contributed by atoms with Gasteiger partial charge < -0.3 is 0 Å². The topological polar surface area (TPSA) is 27.0 Å². The second-order valence-corrected chi connectivity index (χ2v) is 5.85. The van der Waals surface area contributed by atoms with Gasteiger partial charge in [0.15, 0.2) is 0 Å². The van der Waals surface area contributed by atoms with Gasteiger partial charge in [0.05, 0.1) is 6.07 Å². The summed E-state index contributed by atoms with van der Waals surface area (Å²) in [6, 6.07) is 7.35. The maximum atomic E-state index is 9.36. The van der Waals surface area contributed by atoms with Gasteiger partial charge in [-0.2, -0.15) is 17.0 Å². The van der Waals surface area contributed by atoms with Crippen LogP contribution in [-0.2, 0) is 0 Å². The van der Waals surface area contributed by atoms with Gasteiger partial charge in [-0.1, -0.05) is 29.3 Å². The maximum absolute atomic E-state index is 9.36. The van der Waals surface area contributed by atoms with E-state index in [0.717, 1.165) is 30.2 Å². The molecule has 1 atom stereocenters. The van der Waals surface area contributed by atoms with Crippen molar-refractivity contribution in [2.45, 2.75) is 6.04 Å². The summed E-state index contributed by atoms with van der Waals surface area (Å²) in [5.41, 5.74) is 0.741. The third-order valence-electron chi connectivity index (χ3n) is 2.81. The first-order valence-electron chi connectivity index (χ1n) is 5.39. The second-order valence-electron chi connectivity index (χ2n) is 3.82. The number of thioether (sulfide) groups is 1. The Balaban J connectivity index is 2.32. The van der Waals surface area contributed by atoms with Gasteiger partial charge in [-0.3, -0.25) is 4.90 Å².